The first-order valence-electron chi connectivity index (χ1n) is 6.18. The van der Waals surface area contributed by atoms with E-state index in [1.165, 1.54) is 38.4 Å². The van der Waals surface area contributed by atoms with Gasteiger partial charge in [0, 0.05) is 7.97 Å². The quantitative estimate of drug-likeness (QED) is 0.910. The summed E-state index contributed by atoms with van der Waals surface area (Å²) in [7, 11) is -1.22. The number of hydrogen-bond donors (Lipinski definition) is 1. The molecule has 0 bridgehead atoms. The van der Waals surface area contributed by atoms with Crippen LogP contribution in [-0.4, -0.2) is 33.5 Å². The molecule has 0 aliphatic carbocycles. The van der Waals surface area contributed by atoms with Gasteiger partial charge in [-0.15, -0.1) is 11.3 Å². The molecule has 0 saturated carbocycles. The van der Waals surface area contributed by atoms with Gasteiger partial charge < -0.3 is 4.90 Å². The van der Waals surface area contributed by atoms with Gasteiger partial charge in [-0.3, -0.25) is 0 Å². The van der Waals surface area contributed by atoms with Gasteiger partial charge in [-0.2, -0.15) is 0 Å². The highest BCUT2D eigenvalue weighted by atomic mass is 32.2. The van der Waals surface area contributed by atoms with Gasteiger partial charge in [-0.05, 0) is 43.8 Å². The summed E-state index contributed by atoms with van der Waals surface area (Å²) in [5.41, 5.74) is 0. The normalized spacial score (nSPS) is 21.2. The van der Waals surface area contributed by atoms with Gasteiger partial charge in [-0.25, -0.2) is 13.6 Å². The van der Waals surface area contributed by atoms with E-state index in [4.69, 9.17) is 5.14 Å². The van der Waals surface area contributed by atoms with Crippen LogP contribution in [0.3, 0.4) is 0 Å². The standard InChI is InChI=1S/C8H17N.C4H5NO2S2.H2/c1-3-8-5-4-6-9(2)7-8;5-9(6,7)4-2-1-3-8-4;/h8H,3-7H2,1-2H3;1-3H,(H2,5,6,7);1H/t8-;;/m1../s1. The lowest BCUT2D eigenvalue weighted by Gasteiger charge is -2.28. The minimum atomic E-state index is -3.44. The summed E-state index contributed by atoms with van der Waals surface area (Å²) in [5, 5.41) is 6.45. The molecule has 0 aromatic carbocycles. The Bertz CT molecular complexity index is 435. The molecule has 1 atom stereocenters. The van der Waals surface area contributed by atoms with Crippen molar-refractivity contribution in [2.75, 3.05) is 20.1 Å². The average molecular weight is 292 g/mol. The number of primary sulfonamides is 1. The molecule has 1 aliphatic rings. The van der Waals surface area contributed by atoms with Crippen LogP contribution in [0.1, 0.15) is 27.6 Å². The van der Waals surface area contributed by atoms with Crippen LogP contribution in [0.2, 0.25) is 0 Å². The summed E-state index contributed by atoms with van der Waals surface area (Å²) in [5.74, 6) is 0.990. The van der Waals surface area contributed by atoms with E-state index in [0.29, 0.717) is 0 Å². The van der Waals surface area contributed by atoms with Crippen molar-refractivity contribution >= 4 is 21.4 Å². The molecule has 2 rings (SSSR count). The van der Waals surface area contributed by atoms with E-state index >= 15 is 0 Å². The van der Waals surface area contributed by atoms with Crippen molar-refractivity contribution in [1.82, 2.24) is 4.90 Å². The second kappa shape index (κ2) is 7.23. The Labute approximate surface area is 115 Å². The number of piperidine rings is 1. The van der Waals surface area contributed by atoms with Gasteiger partial charge in [0.1, 0.15) is 4.21 Å². The minimum absolute atomic E-state index is 0. The molecule has 1 saturated heterocycles. The number of hydrogen-bond acceptors (Lipinski definition) is 4. The van der Waals surface area contributed by atoms with Crippen molar-refractivity contribution in [3.8, 4) is 0 Å². The predicted molar refractivity (Wildman–Crippen MR) is 78.3 cm³/mol. The lowest BCUT2D eigenvalue weighted by molar-refractivity contribution is 0.206. The van der Waals surface area contributed by atoms with Gasteiger partial charge >= 0.3 is 0 Å². The molecule has 2 heterocycles. The number of rotatable bonds is 2. The second-order valence-electron chi connectivity index (χ2n) is 4.66. The highest BCUT2D eigenvalue weighted by Gasteiger charge is 2.14. The van der Waals surface area contributed by atoms with Crippen molar-refractivity contribution in [2.45, 2.75) is 30.4 Å². The molecule has 18 heavy (non-hydrogen) atoms. The summed E-state index contributed by atoms with van der Waals surface area (Å²) in [6.07, 6.45) is 4.24. The summed E-state index contributed by atoms with van der Waals surface area (Å²) >= 11 is 1.12. The van der Waals surface area contributed by atoms with E-state index in [1.807, 2.05) is 0 Å². The van der Waals surface area contributed by atoms with Crippen LogP contribution in [0.4, 0.5) is 0 Å². The molecule has 0 spiro atoms. The van der Waals surface area contributed by atoms with E-state index < -0.39 is 10.0 Å². The van der Waals surface area contributed by atoms with Crippen molar-refractivity contribution in [2.24, 2.45) is 11.1 Å². The fraction of sp³-hybridized carbons (Fsp3) is 0.667. The first kappa shape index (κ1) is 15.6. The van der Waals surface area contributed by atoms with E-state index in [1.54, 1.807) is 11.4 Å². The molecule has 106 valence electrons. The maximum Gasteiger partial charge on any atom is 0.247 e. The van der Waals surface area contributed by atoms with Crippen LogP contribution in [0, 0.1) is 5.92 Å². The maximum absolute atomic E-state index is 10.5. The van der Waals surface area contributed by atoms with E-state index in [9.17, 15) is 8.42 Å². The van der Waals surface area contributed by atoms with E-state index in [2.05, 4.69) is 18.9 Å². The Kier molecular flexibility index (Phi) is 6.28. The smallest absolute Gasteiger partial charge is 0.247 e. The highest BCUT2D eigenvalue weighted by Crippen LogP contribution is 2.17. The maximum atomic E-state index is 10.5. The number of likely N-dealkylation sites (tertiary alicyclic amines) is 1. The highest BCUT2D eigenvalue weighted by molar-refractivity contribution is 7.91. The number of thiophene rings is 1. The van der Waals surface area contributed by atoms with Gasteiger partial charge in [0.15, 0.2) is 0 Å². The zero-order chi connectivity index (χ0) is 13.6. The number of nitrogens with zero attached hydrogens (tertiary/aromatic N) is 1. The zero-order valence-electron chi connectivity index (χ0n) is 11.0. The van der Waals surface area contributed by atoms with Gasteiger partial charge in [0.2, 0.25) is 10.0 Å². The molecule has 1 aliphatic heterocycles. The largest absolute Gasteiger partial charge is 0.306 e. The fourth-order valence-electron chi connectivity index (χ4n) is 2.03. The van der Waals surface area contributed by atoms with Crippen LogP contribution < -0.4 is 5.14 Å². The lowest BCUT2D eigenvalue weighted by atomic mass is 9.96. The molecule has 0 radical (unpaired) electrons. The van der Waals surface area contributed by atoms with Crippen molar-refractivity contribution in [3.05, 3.63) is 17.5 Å². The Morgan fingerprint density at radius 1 is 1.61 bits per heavy atom. The average Bonchev–Trinajstić information content (AvgIpc) is 2.83. The van der Waals surface area contributed by atoms with Crippen molar-refractivity contribution < 1.29 is 9.84 Å². The van der Waals surface area contributed by atoms with E-state index in [0.717, 1.165) is 17.3 Å². The summed E-state index contributed by atoms with van der Waals surface area (Å²) in [6.45, 7) is 4.94. The van der Waals surface area contributed by atoms with Crippen LogP contribution in [0.5, 0.6) is 0 Å². The summed E-state index contributed by atoms with van der Waals surface area (Å²) in [4.78, 5) is 2.44. The summed E-state index contributed by atoms with van der Waals surface area (Å²) < 4.78 is 21.2. The molecule has 1 fully saturated rings. The first-order valence-corrected chi connectivity index (χ1v) is 8.61. The van der Waals surface area contributed by atoms with Gasteiger partial charge in [0.25, 0.3) is 0 Å². The first-order chi connectivity index (χ1) is 8.43. The molecule has 4 nitrogen and oxygen atoms in total. The lowest BCUT2D eigenvalue weighted by Crippen LogP contribution is -2.31. The van der Waals surface area contributed by atoms with Crippen LogP contribution in [0.25, 0.3) is 0 Å². The predicted octanol–water partition coefficient (Wildman–Crippen LogP) is 2.38. The SMILES string of the molecule is CC[C@@H]1CCCN(C)C1.NS(=O)(=O)c1cccs1.[HH]. The minimum Gasteiger partial charge on any atom is -0.306 e. The number of sulfonamides is 1. The van der Waals surface area contributed by atoms with Crippen molar-refractivity contribution in [1.29, 1.82) is 0 Å². The van der Waals surface area contributed by atoms with E-state index in [-0.39, 0.29) is 5.64 Å². The van der Waals surface area contributed by atoms with Crippen molar-refractivity contribution in [3.63, 3.8) is 0 Å². The third-order valence-electron chi connectivity index (χ3n) is 3.07. The zero-order valence-corrected chi connectivity index (χ0v) is 12.6. The molecule has 2 N–H and O–H groups in total. The van der Waals surface area contributed by atoms with Gasteiger partial charge in [0.05, 0.1) is 0 Å². The van der Waals surface area contributed by atoms with Crippen LogP contribution >= 0.6 is 11.3 Å². The Hall–Kier alpha value is -0.430. The Morgan fingerprint density at radius 2 is 2.33 bits per heavy atom. The van der Waals surface area contributed by atoms with Crippen LogP contribution in [-0.2, 0) is 10.0 Å². The number of nitrogens with two attached hydrogens (primary N) is 1. The molecule has 6 heteroatoms. The summed E-state index contributed by atoms with van der Waals surface area (Å²) in [6, 6.07) is 3.12. The Morgan fingerprint density at radius 3 is 2.67 bits per heavy atom. The second-order valence-corrected chi connectivity index (χ2v) is 7.39. The molecule has 1 aromatic rings. The molecular weight excluding hydrogens is 268 g/mol. The third kappa shape index (κ3) is 5.48. The fourth-order valence-corrected chi connectivity index (χ4v) is 3.45. The topological polar surface area (TPSA) is 63.4 Å². The third-order valence-corrected chi connectivity index (χ3v) is 5.42. The molecule has 0 unspecified atom stereocenters. The Balaban J connectivity index is 0.000000324. The molecule has 1 aromatic heterocycles. The van der Waals surface area contributed by atoms with Crippen LogP contribution in [0.15, 0.2) is 21.7 Å². The monoisotopic (exact) mass is 292 g/mol. The molecular formula is C12H24N2O2S2. The molecule has 0 amide bonds. The van der Waals surface area contributed by atoms with Gasteiger partial charge in [-0.1, -0.05) is 19.4 Å².